The maximum absolute atomic E-state index is 10.4. The van der Waals surface area contributed by atoms with Crippen LogP contribution in [-0.2, 0) is 11.8 Å². The van der Waals surface area contributed by atoms with Crippen LogP contribution in [0.4, 0.5) is 0 Å². The highest BCUT2D eigenvalue weighted by Gasteiger charge is 2.40. The zero-order chi connectivity index (χ0) is 11.6. The third kappa shape index (κ3) is 1.98. The first-order valence-electron chi connectivity index (χ1n) is 5.63. The number of ether oxygens (including phenoxy) is 1. The Bertz CT molecular complexity index is 345. The molecule has 2 rings (SSSR count). The Morgan fingerprint density at radius 2 is 2.31 bits per heavy atom. The van der Waals surface area contributed by atoms with Crippen LogP contribution in [0.1, 0.15) is 24.6 Å². The average Bonchev–Trinajstić information content (AvgIpc) is 2.76. The second-order valence-corrected chi connectivity index (χ2v) is 4.50. The third-order valence-corrected chi connectivity index (χ3v) is 3.49. The summed E-state index contributed by atoms with van der Waals surface area (Å²) in [6.45, 7) is 1.80. The molecule has 0 aromatic carbocycles. The van der Waals surface area contributed by atoms with Gasteiger partial charge in [0.25, 0.3) is 0 Å². The highest BCUT2D eigenvalue weighted by atomic mass is 16.5. The number of rotatable bonds is 3. The highest BCUT2D eigenvalue weighted by Crippen LogP contribution is 2.40. The number of nitrogens with two attached hydrogens (primary N) is 1. The molecule has 5 nitrogen and oxygen atoms in total. The summed E-state index contributed by atoms with van der Waals surface area (Å²) in [5.74, 6) is 0. The lowest BCUT2D eigenvalue weighted by molar-refractivity contribution is -0.0599. The van der Waals surface area contributed by atoms with Gasteiger partial charge in [0.05, 0.1) is 5.69 Å². The summed E-state index contributed by atoms with van der Waals surface area (Å²) in [4.78, 5) is 0. The molecular weight excluding hydrogens is 206 g/mol. The highest BCUT2D eigenvalue weighted by molar-refractivity contribution is 5.09. The van der Waals surface area contributed by atoms with Gasteiger partial charge in [0.2, 0.25) is 0 Å². The molecule has 1 aromatic heterocycles. The quantitative estimate of drug-likeness (QED) is 0.771. The van der Waals surface area contributed by atoms with Crippen molar-refractivity contribution in [3.63, 3.8) is 0 Å². The molecule has 16 heavy (non-hydrogen) atoms. The Hall–Kier alpha value is -0.910. The van der Waals surface area contributed by atoms with Gasteiger partial charge in [-0.1, -0.05) is 0 Å². The minimum atomic E-state index is -0.595. The average molecular weight is 225 g/mol. The van der Waals surface area contributed by atoms with E-state index in [4.69, 9.17) is 10.5 Å². The van der Waals surface area contributed by atoms with Gasteiger partial charge in [0.15, 0.2) is 0 Å². The first-order chi connectivity index (χ1) is 7.68. The van der Waals surface area contributed by atoms with Gasteiger partial charge in [-0.2, -0.15) is 5.10 Å². The van der Waals surface area contributed by atoms with Crippen molar-refractivity contribution in [1.29, 1.82) is 0 Å². The van der Waals surface area contributed by atoms with E-state index in [2.05, 4.69) is 5.10 Å². The molecule has 1 aromatic rings. The Kier molecular flexibility index (Phi) is 3.28. The smallest absolute Gasteiger partial charge is 0.105 e. The fourth-order valence-corrected chi connectivity index (χ4v) is 2.26. The molecule has 0 unspecified atom stereocenters. The van der Waals surface area contributed by atoms with Crippen molar-refractivity contribution in [2.24, 2.45) is 18.2 Å². The second kappa shape index (κ2) is 4.53. The van der Waals surface area contributed by atoms with E-state index in [9.17, 15) is 5.11 Å². The van der Waals surface area contributed by atoms with E-state index < -0.39 is 6.10 Å². The number of hydrogen-bond acceptors (Lipinski definition) is 4. The SMILES string of the molecule is Cn1ccc([C@H](O)C2(CN)CCOCC2)n1. The van der Waals surface area contributed by atoms with Crippen molar-refractivity contribution in [3.05, 3.63) is 18.0 Å². The molecule has 1 saturated heterocycles. The minimum absolute atomic E-state index is 0.271. The molecule has 0 saturated carbocycles. The third-order valence-electron chi connectivity index (χ3n) is 3.49. The lowest BCUT2D eigenvalue weighted by Crippen LogP contribution is -2.41. The van der Waals surface area contributed by atoms with Crippen molar-refractivity contribution in [1.82, 2.24) is 9.78 Å². The summed E-state index contributed by atoms with van der Waals surface area (Å²) >= 11 is 0. The van der Waals surface area contributed by atoms with Crippen LogP contribution in [0.15, 0.2) is 12.3 Å². The summed E-state index contributed by atoms with van der Waals surface area (Å²) in [6, 6.07) is 1.84. The van der Waals surface area contributed by atoms with E-state index in [0.717, 1.165) is 12.8 Å². The maximum Gasteiger partial charge on any atom is 0.105 e. The summed E-state index contributed by atoms with van der Waals surface area (Å²) < 4.78 is 7.02. The Labute approximate surface area is 95.2 Å². The van der Waals surface area contributed by atoms with E-state index in [1.165, 1.54) is 0 Å². The van der Waals surface area contributed by atoms with Gasteiger partial charge in [-0.05, 0) is 18.9 Å². The lowest BCUT2D eigenvalue weighted by atomic mass is 9.74. The summed E-state index contributed by atoms with van der Waals surface area (Å²) in [7, 11) is 1.84. The van der Waals surface area contributed by atoms with Crippen molar-refractivity contribution in [2.75, 3.05) is 19.8 Å². The fourth-order valence-electron chi connectivity index (χ4n) is 2.26. The Balaban J connectivity index is 2.20. The first-order valence-corrected chi connectivity index (χ1v) is 5.63. The summed E-state index contributed by atoms with van der Waals surface area (Å²) in [5, 5.41) is 14.6. The topological polar surface area (TPSA) is 73.3 Å². The van der Waals surface area contributed by atoms with Gasteiger partial charge in [-0.3, -0.25) is 4.68 Å². The largest absolute Gasteiger partial charge is 0.386 e. The van der Waals surface area contributed by atoms with Gasteiger partial charge in [-0.25, -0.2) is 0 Å². The van der Waals surface area contributed by atoms with Crippen LogP contribution in [0, 0.1) is 5.41 Å². The molecule has 1 aliphatic heterocycles. The minimum Gasteiger partial charge on any atom is -0.386 e. The summed E-state index contributed by atoms with van der Waals surface area (Å²) in [5.41, 5.74) is 6.27. The number of aromatic nitrogens is 2. The molecule has 90 valence electrons. The molecule has 0 bridgehead atoms. The maximum atomic E-state index is 10.4. The predicted molar refractivity (Wildman–Crippen MR) is 59.7 cm³/mol. The van der Waals surface area contributed by atoms with Gasteiger partial charge in [-0.15, -0.1) is 0 Å². The van der Waals surface area contributed by atoms with Crippen LogP contribution in [0.25, 0.3) is 0 Å². The van der Waals surface area contributed by atoms with E-state index >= 15 is 0 Å². The molecular formula is C11H19N3O2. The number of aliphatic hydroxyl groups is 1. The Morgan fingerprint density at radius 1 is 1.62 bits per heavy atom. The molecule has 0 spiro atoms. The van der Waals surface area contributed by atoms with Crippen molar-refractivity contribution < 1.29 is 9.84 Å². The van der Waals surface area contributed by atoms with E-state index in [0.29, 0.717) is 25.5 Å². The van der Waals surface area contributed by atoms with E-state index in [-0.39, 0.29) is 5.41 Å². The number of aryl methyl sites for hydroxylation is 1. The second-order valence-electron chi connectivity index (χ2n) is 4.50. The zero-order valence-electron chi connectivity index (χ0n) is 9.59. The normalized spacial score (nSPS) is 21.9. The number of nitrogens with zero attached hydrogens (tertiary/aromatic N) is 2. The van der Waals surface area contributed by atoms with Crippen LogP contribution in [0.5, 0.6) is 0 Å². The first kappa shape index (κ1) is 11.6. The van der Waals surface area contributed by atoms with Crippen LogP contribution in [0.3, 0.4) is 0 Å². The standard InChI is InChI=1S/C11H19N3O2/c1-14-5-2-9(13-14)10(15)11(8-12)3-6-16-7-4-11/h2,5,10,15H,3-4,6-8,12H2,1H3/t10-/m0/s1. The molecule has 0 radical (unpaired) electrons. The molecule has 0 aliphatic carbocycles. The lowest BCUT2D eigenvalue weighted by Gasteiger charge is -2.39. The molecule has 1 aliphatic rings. The number of aliphatic hydroxyl groups excluding tert-OH is 1. The molecule has 0 amide bonds. The molecule has 1 fully saturated rings. The fraction of sp³-hybridized carbons (Fsp3) is 0.727. The van der Waals surface area contributed by atoms with Crippen LogP contribution < -0.4 is 5.73 Å². The molecule has 5 heteroatoms. The van der Waals surface area contributed by atoms with Gasteiger partial charge in [0.1, 0.15) is 6.10 Å². The molecule has 3 N–H and O–H groups in total. The predicted octanol–water partition coefficient (Wildman–Crippen LogP) is 0.209. The summed E-state index contributed by atoms with van der Waals surface area (Å²) in [6.07, 6.45) is 2.83. The van der Waals surface area contributed by atoms with Gasteiger partial charge < -0.3 is 15.6 Å². The number of hydrogen-bond donors (Lipinski definition) is 2. The zero-order valence-corrected chi connectivity index (χ0v) is 9.59. The molecule has 2 heterocycles. The Morgan fingerprint density at radius 3 is 2.81 bits per heavy atom. The van der Waals surface area contributed by atoms with E-state index in [1.54, 1.807) is 4.68 Å². The monoisotopic (exact) mass is 225 g/mol. The van der Waals surface area contributed by atoms with Crippen LogP contribution >= 0.6 is 0 Å². The van der Waals surface area contributed by atoms with Crippen molar-refractivity contribution in [2.45, 2.75) is 18.9 Å². The molecule has 1 atom stereocenters. The van der Waals surface area contributed by atoms with E-state index in [1.807, 2.05) is 19.3 Å². The van der Waals surface area contributed by atoms with Crippen molar-refractivity contribution >= 4 is 0 Å². The van der Waals surface area contributed by atoms with Gasteiger partial charge in [0, 0.05) is 38.4 Å². The van der Waals surface area contributed by atoms with Crippen LogP contribution in [0.2, 0.25) is 0 Å². The van der Waals surface area contributed by atoms with Crippen LogP contribution in [-0.4, -0.2) is 34.6 Å². The van der Waals surface area contributed by atoms with Gasteiger partial charge >= 0.3 is 0 Å². The van der Waals surface area contributed by atoms with Crippen molar-refractivity contribution in [3.8, 4) is 0 Å².